The van der Waals surface area contributed by atoms with Gasteiger partial charge in [0.15, 0.2) is 0 Å². The minimum Gasteiger partial charge on any atom is -0.398 e. The minimum atomic E-state index is 0.629. The average molecular weight is 256 g/mol. The van der Waals surface area contributed by atoms with Gasteiger partial charge < -0.3 is 15.5 Å². The molecular formula is C13H22ClN3. The Labute approximate surface area is 109 Å². The summed E-state index contributed by atoms with van der Waals surface area (Å²) < 4.78 is 0. The van der Waals surface area contributed by atoms with Gasteiger partial charge in [0.05, 0.1) is 10.7 Å². The molecule has 1 aromatic rings. The van der Waals surface area contributed by atoms with Crippen molar-refractivity contribution in [1.82, 2.24) is 9.80 Å². The molecule has 0 saturated carbocycles. The lowest BCUT2D eigenvalue weighted by Crippen LogP contribution is -2.23. The predicted molar refractivity (Wildman–Crippen MR) is 75.4 cm³/mol. The molecular weight excluding hydrogens is 234 g/mol. The van der Waals surface area contributed by atoms with E-state index in [-0.39, 0.29) is 0 Å². The number of anilines is 1. The Kier molecular flexibility index (Phi) is 5.75. The minimum absolute atomic E-state index is 0.629. The van der Waals surface area contributed by atoms with E-state index in [0.29, 0.717) is 10.7 Å². The van der Waals surface area contributed by atoms with E-state index in [1.54, 1.807) is 0 Å². The van der Waals surface area contributed by atoms with Crippen LogP contribution >= 0.6 is 11.6 Å². The van der Waals surface area contributed by atoms with Crippen LogP contribution in [0.15, 0.2) is 18.2 Å². The summed E-state index contributed by atoms with van der Waals surface area (Å²) in [5.41, 5.74) is 7.64. The van der Waals surface area contributed by atoms with Crippen molar-refractivity contribution in [3.63, 3.8) is 0 Å². The Balaban J connectivity index is 2.39. The number of nitrogens with two attached hydrogens (primary N) is 1. The van der Waals surface area contributed by atoms with Gasteiger partial charge in [-0.1, -0.05) is 17.7 Å². The molecule has 0 aliphatic carbocycles. The molecule has 1 rings (SSSR count). The zero-order valence-corrected chi connectivity index (χ0v) is 11.7. The molecule has 0 aliphatic heterocycles. The van der Waals surface area contributed by atoms with E-state index in [0.717, 1.165) is 19.6 Å². The summed E-state index contributed by atoms with van der Waals surface area (Å²) in [5, 5.41) is 0.629. The second-order valence-electron chi connectivity index (χ2n) is 4.75. The lowest BCUT2D eigenvalue weighted by atomic mass is 10.2. The maximum atomic E-state index is 5.89. The fourth-order valence-corrected chi connectivity index (χ4v) is 1.86. The Morgan fingerprint density at radius 1 is 1.18 bits per heavy atom. The standard InChI is InChI=1S/C13H22ClN3/c1-16(2)7-4-8-17(3)10-11-5-6-12(14)13(15)9-11/h5-6,9H,4,7-8,10,15H2,1-3H3. The number of nitrogens with zero attached hydrogens (tertiary/aromatic N) is 2. The maximum absolute atomic E-state index is 5.89. The Bertz CT molecular complexity index is 353. The average Bonchev–Trinajstić information content (AvgIpc) is 2.23. The van der Waals surface area contributed by atoms with Crippen molar-refractivity contribution >= 4 is 17.3 Å². The molecule has 17 heavy (non-hydrogen) atoms. The fourth-order valence-electron chi connectivity index (χ4n) is 1.74. The summed E-state index contributed by atoms with van der Waals surface area (Å²) in [4.78, 5) is 4.50. The van der Waals surface area contributed by atoms with Gasteiger partial charge in [-0.3, -0.25) is 0 Å². The number of benzene rings is 1. The van der Waals surface area contributed by atoms with E-state index in [1.807, 2.05) is 18.2 Å². The third kappa shape index (κ3) is 5.39. The van der Waals surface area contributed by atoms with Crippen LogP contribution in [0.4, 0.5) is 5.69 Å². The van der Waals surface area contributed by atoms with Crippen LogP contribution < -0.4 is 5.73 Å². The second kappa shape index (κ2) is 6.84. The van der Waals surface area contributed by atoms with Crippen LogP contribution in [0.3, 0.4) is 0 Å². The molecule has 3 nitrogen and oxygen atoms in total. The first-order valence-corrected chi connectivity index (χ1v) is 6.24. The van der Waals surface area contributed by atoms with Crippen molar-refractivity contribution in [3.05, 3.63) is 28.8 Å². The molecule has 0 aliphatic rings. The summed E-state index contributed by atoms with van der Waals surface area (Å²) in [7, 11) is 6.32. The molecule has 0 radical (unpaired) electrons. The van der Waals surface area contributed by atoms with Gasteiger partial charge in [-0.25, -0.2) is 0 Å². The monoisotopic (exact) mass is 255 g/mol. The van der Waals surface area contributed by atoms with Gasteiger partial charge in [0.2, 0.25) is 0 Å². The quantitative estimate of drug-likeness (QED) is 0.792. The van der Waals surface area contributed by atoms with Crippen molar-refractivity contribution in [1.29, 1.82) is 0 Å². The molecule has 0 spiro atoms. The van der Waals surface area contributed by atoms with E-state index in [4.69, 9.17) is 17.3 Å². The topological polar surface area (TPSA) is 32.5 Å². The molecule has 0 heterocycles. The molecule has 1 aromatic carbocycles. The molecule has 0 amide bonds. The normalized spacial score (nSPS) is 11.4. The summed E-state index contributed by atoms with van der Waals surface area (Å²) in [6.45, 7) is 3.11. The second-order valence-corrected chi connectivity index (χ2v) is 5.16. The summed E-state index contributed by atoms with van der Waals surface area (Å²) in [6.07, 6.45) is 1.17. The molecule has 96 valence electrons. The maximum Gasteiger partial charge on any atom is 0.0635 e. The van der Waals surface area contributed by atoms with Gasteiger partial charge in [0.1, 0.15) is 0 Å². The van der Waals surface area contributed by atoms with Crippen LogP contribution in [-0.4, -0.2) is 44.0 Å². The number of hydrogen-bond donors (Lipinski definition) is 1. The van der Waals surface area contributed by atoms with E-state index >= 15 is 0 Å². The van der Waals surface area contributed by atoms with Crippen LogP contribution in [0.2, 0.25) is 5.02 Å². The van der Waals surface area contributed by atoms with E-state index < -0.39 is 0 Å². The van der Waals surface area contributed by atoms with Gasteiger partial charge in [0, 0.05) is 6.54 Å². The molecule has 0 unspecified atom stereocenters. The Morgan fingerprint density at radius 2 is 1.88 bits per heavy atom. The molecule has 0 saturated heterocycles. The first-order valence-electron chi connectivity index (χ1n) is 5.86. The van der Waals surface area contributed by atoms with Crippen LogP contribution in [0.1, 0.15) is 12.0 Å². The van der Waals surface area contributed by atoms with Crippen molar-refractivity contribution < 1.29 is 0 Å². The molecule has 0 atom stereocenters. The van der Waals surface area contributed by atoms with Gasteiger partial charge in [0.25, 0.3) is 0 Å². The number of rotatable bonds is 6. The van der Waals surface area contributed by atoms with Gasteiger partial charge >= 0.3 is 0 Å². The smallest absolute Gasteiger partial charge is 0.0635 e. The van der Waals surface area contributed by atoms with Gasteiger partial charge in [-0.2, -0.15) is 0 Å². The Hall–Kier alpha value is -0.770. The van der Waals surface area contributed by atoms with Gasteiger partial charge in [-0.15, -0.1) is 0 Å². The van der Waals surface area contributed by atoms with Gasteiger partial charge in [-0.05, 0) is 58.3 Å². The van der Waals surface area contributed by atoms with Crippen molar-refractivity contribution in [2.75, 3.05) is 40.0 Å². The predicted octanol–water partition coefficient (Wildman–Crippen LogP) is 2.31. The molecule has 4 heteroatoms. The molecule has 0 bridgehead atoms. The lowest BCUT2D eigenvalue weighted by Gasteiger charge is -2.18. The Morgan fingerprint density at radius 3 is 2.47 bits per heavy atom. The van der Waals surface area contributed by atoms with Crippen molar-refractivity contribution in [2.45, 2.75) is 13.0 Å². The summed E-state index contributed by atoms with van der Waals surface area (Å²) in [6, 6.07) is 5.84. The van der Waals surface area contributed by atoms with Crippen LogP contribution in [0.5, 0.6) is 0 Å². The van der Waals surface area contributed by atoms with Crippen LogP contribution in [-0.2, 0) is 6.54 Å². The SMILES string of the molecule is CN(C)CCCN(C)Cc1ccc(Cl)c(N)c1. The molecule has 2 N–H and O–H groups in total. The first kappa shape index (κ1) is 14.3. The summed E-state index contributed by atoms with van der Waals surface area (Å²) in [5.74, 6) is 0. The number of nitrogen functional groups attached to an aromatic ring is 1. The molecule has 0 aromatic heterocycles. The third-order valence-electron chi connectivity index (χ3n) is 2.66. The van der Waals surface area contributed by atoms with E-state index in [1.165, 1.54) is 12.0 Å². The van der Waals surface area contributed by atoms with E-state index in [9.17, 15) is 0 Å². The van der Waals surface area contributed by atoms with Crippen LogP contribution in [0.25, 0.3) is 0 Å². The van der Waals surface area contributed by atoms with Crippen molar-refractivity contribution in [2.24, 2.45) is 0 Å². The first-order chi connectivity index (χ1) is 7.99. The zero-order chi connectivity index (χ0) is 12.8. The highest BCUT2D eigenvalue weighted by atomic mass is 35.5. The highest BCUT2D eigenvalue weighted by Gasteiger charge is 2.03. The molecule has 0 fully saturated rings. The van der Waals surface area contributed by atoms with Crippen molar-refractivity contribution in [3.8, 4) is 0 Å². The highest BCUT2D eigenvalue weighted by molar-refractivity contribution is 6.33. The largest absolute Gasteiger partial charge is 0.398 e. The number of hydrogen-bond acceptors (Lipinski definition) is 3. The zero-order valence-electron chi connectivity index (χ0n) is 10.9. The van der Waals surface area contributed by atoms with Crippen LogP contribution in [0, 0.1) is 0 Å². The third-order valence-corrected chi connectivity index (χ3v) is 3.00. The number of halogens is 1. The summed E-state index contributed by atoms with van der Waals surface area (Å²) >= 11 is 5.89. The fraction of sp³-hybridized carbons (Fsp3) is 0.538. The van der Waals surface area contributed by atoms with E-state index in [2.05, 4.69) is 30.9 Å². The lowest BCUT2D eigenvalue weighted by molar-refractivity contribution is 0.294. The highest BCUT2D eigenvalue weighted by Crippen LogP contribution is 2.20.